The van der Waals surface area contributed by atoms with Crippen molar-refractivity contribution in [3.05, 3.63) is 140 Å². The van der Waals surface area contributed by atoms with E-state index in [9.17, 15) is 20.3 Å². The highest BCUT2D eigenvalue weighted by molar-refractivity contribution is 6.32. The summed E-state index contributed by atoms with van der Waals surface area (Å²) in [6.07, 6.45) is 3.35. The molecule has 0 spiro atoms. The predicted molar refractivity (Wildman–Crippen MR) is 223 cm³/mol. The van der Waals surface area contributed by atoms with E-state index in [4.69, 9.17) is 37.4 Å². The van der Waals surface area contributed by atoms with Gasteiger partial charge in [-0.1, -0.05) is 72.6 Å². The average molecular weight is 812 g/mol. The van der Waals surface area contributed by atoms with Crippen LogP contribution in [-0.2, 0) is 37.7 Å². The third-order valence-corrected chi connectivity index (χ3v) is 10.2. The summed E-state index contributed by atoms with van der Waals surface area (Å²) >= 11 is 13.4. The second kappa shape index (κ2) is 21.5. The van der Waals surface area contributed by atoms with Crippen molar-refractivity contribution in [2.75, 3.05) is 13.1 Å². The zero-order chi connectivity index (χ0) is 40.7. The zero-order valence-electron chi connectivity index (χ0n) is 32.4. The smallest absolute Gasteiger partial charge is 0.142 e. The van der Waals surface area contributed by atoms with Crippen LogP contribution in [0.25, 0.3) is 11.1 Å². The van der Waals surface area contributed by atoms with E-state index in [1.165, 1.54) is 6.20 Å². The van der Waals surface area contributed by atoms with Crippen molar-refractivity contribution in [1.82, 2.24) is 15.6 Å². The van der Waals surface area contributed by atoms with Crippen LogP contribution in [0.4, 0.5) is 0 Å². The van der Waals surface area contributed by atoms with Gasteiger partial charge in [0.1, 0.15) is 49.4 Å². The number of aromatic nitrogens is 1. The maximum Gasteiger partial charge on any atom is 0.142 e. The molecule has 2 atom stereocenters. The van der Waals surface area contributed by atoms with E-state index >= 15 is 0 Å². The standard InChI is InChI=1S/C45H48Cl2N4O6/c1-4-37(53)24-50-20-31-11-12-43(41(46)16-31)56-27-34-7-5-9-39(29(34)2)40-10-6-8-35(30(40)3)28-57-45-18-44(55-26-33-15-32(19-48)21-49-22-33)36(17-42(45)47)23-51-25-38(54)13-14-52/h5-12,14-18,21-22,37-38,50-51,53-54H,4,13,20,23-28H2,1-3H3. The Kier molecular flexibility index (Phi) is 16.3. The molecule has 4 aromatic carbocycles. The summed E-state index contributed by atoms with van der Waals surface area (Å²) in [5.74, 6) is 1.54. The number of carbonyl (C=O) groups excluding carboxylic acids is 1. The largest absolute Gasteiger partial charge is 0.488 e. The average Bonchev–Trinajstić information content (AvgIpc) is 3.21. The Bertz CT molecular complexity index is 2180. The lowest BCUT2D eigenvalue weighted by molar-refractivity contribution is -0.109. The number of carbonyl (C=O) groups is 1. The van der Waals surface area contributed by atoms with Gasteiger partial charge in [0.15, 0.2) is 0 Å². The molecule has 298 valence electrons. The molecule has 0 bridgehead atoms. The second-order valence-corrected chi connectivity index (χ2v) is 14.6. The topological polar surface area (TPSA) is 146 Å². The van der Waals surface area contributed by atoms with E-state index in [2.05, 4.69) is 53.7 Å². The van der Waals surface area contributed by atoms with Crippen molar-refractivity contribution >= 4 is 29.5 Å². The molecule has 0 fully saturated rings. The van der Waals surface area contributed by atoms with Gasteiger partial charge < -0.3 is 39.9 Å². The Morgan fingerprint density at radius 2 is 1.37 bits per heavy atom. The van der Waals surface area contributed by atoms with Crippen LogP contribution in [0.3, 0.4) is 0 Å². The van der Waals surface area contributed by atoms with Gasteiger partial charge in [-0.05, 0) is 83.5 Å². The van der Waals surface area contributed by atoms with Crippen molar-refractivity contribution in [2.24, 2.45) is 0 Å². The highest BCUT2D eigenvalue weighted by Crippen LogP contribution is 2.36. The molecule has 0 aliphatic carbocycles. The molecule has 12 heteroatoms. The van der Waals surface area contributed by atoms with Crippen LogP contribution < -0.4 is 24.8 Å². The highest BCUT2D eigenvalue weighted by atomic mass is 35.5. The number of aliphatic hydroxyl groups is 2. The van der Waals surface area contributed by atoms with E-state index in [0.29, 0.717) is 71.8 Å². The molecule has 0 saturated carbocycles. The number of ether oxygens (including phenoxy) is 3. The van der Waals surface area contributed by atoms with Crippen LogP contribution >= 0.6 is 23.2 Å². The second-order valence-electron chi connectivity index (χ2n) is 13.8. The molecule has 10 nitrogen and oxygen atoms in total. The van der Waals surface area contributed by atoms with Crippen LogP contribution in [0.2, 0.25) is 10.0 Å². The maximum atomic E-state index is 10.8. The summed E-state index contributed by atoms with van der Waals surface area (Å²) in [6, 6.07) is 25.3. The summed E-state index contributed by atoms with van der Waals surface area (Å²) in [5, 5.41) is 36.4. The third-order valence-electron chi connectivity index (χ3n) is 9.62. The Balaban J connectivity index is 1.29. The summed E-state index contributed by atoms with van der Waals surface area (Å²) in [6.45, 7) is 8.49. The monoisotopic (exact) mass is 810 g/mol. The molecular formula is C45H48Cl2N4O6. The number of aliphatic hydroxyl groups excluding tert-OH is 2. The van der Waals surface area contributed by atoms with Crippen molar-refractivity contribution < 1.29 is 29.2 Å². The minimum absolute atomic E-state index is 0.0304. The van der Waals surface area contributed by atoms with Gasteiger partial charge in [-0.3, -0.25) is 4.98 Å². The van der Waals surface area contributed by atoms with Gasteiger partial charge in [-0.15, -0.1) is 0 Å². The number of nitrogens with zero attached hydrogens (tertiary/aromatic N) is 2. The molecule has 5 aromatic rings. The molecule has 5 rings (SSSR count). The zero-order valence-corrected chi connectivity index (χ0v) is 33.9. The molecule has 1 aromatic heterocycles. The highest BCUT2D eigenvalue weighted by Gasteiger charge is 2.16. The summed E-state index contributed by atoms with van der Waals surface area (Å²) < 4.78 is 18.7. The predicted octanol–water partition coefficient (Wildman–Crippen LogP) is 8.18. The number of aldehydes is 1. The minimum Gasteiger partial charge on any atom is -0.488 e. The first-order valence-corrected chi connectivity index (χ1v) is 19.6. The number of rotatable bonds is 21. The minimum atomic E-state index is -0.813. The summed E-state index contributed by atoms with van der Waals surface area (Å²) in [5.41, 5.74) is 9.19. The number of nitriles is 1. The van der Waals surface area contributed by atoms with E-state index in [1.54, 1.807) is 24.4 Å². The summed E-state index contributed by atoms with van der Waals surface area (Å²) in [4.78, 5) is 14.9. The first-order chi connectivity index (χ1) is 27.6. The molecule has 0 aliphatic rings. The first kappa shape index (κ1) is 43.1. The van der Waals surface area contributed by atoms with Gasteiger partial charge in [-0.2, -0.15) is 5.26 Å². The van der Waals surface area contributed by atoms with Crippen LogP contribution in [0.15, 0.2) is 85.2 Å². The summed E-state index contributed by atoms with van der Waals surface area (Å²) in [7, 11) is 0. The molecular weight excluding hydrogens is 763 g/mol. The first-order valence-electron chi connectivity index (χ1n) is 18.8. The van der Waals surface area contributed by atoms with Crippen LogP contribution in [-0.4, -0.2) is 46.8 Å². The fraction of sp³-hybridized carbons (Fsp3) is 0.311. The lowest BCUT2D eigenvalue weighted by atomic mass is 9.92. The fourth-order valence-corrected chi connectivity index (χ4v) is 6.69. The Hall–Kier alpha value is -4.99. The number of benzene rings is 4. The van der Waals surface area contributed by atoms with Crippen LogP contribution in [0, 0.1) is 25.2 Å². The lowest BCUT2D eigenvalue weighted by Gasteiger charge is -2.19. The quantitative estimate of drug-likeness (QED) is 0.0536. The van der Waals surface area contributed by atoms with Gasteiger partial charge >= 0.3 is 0 Å². The molecule has 0 saturated heterocycles. The normalized spacial score (nSPS) is 12.1. The van der Waals surface area contributed by atoms with Crippen molar-refractivity contribution in [1.29, 1.82) is 5.26 Å². The van der Waals surface area contributed by atoms with E-state index < -0.39 is 6.10 Å². The molecule has 0 radical (unpaired) electrons. The fourth-order valence-electron chi connectivity index (χ4n) is 6.19. The third kappa shape index (κ3) is 12.3. The van der Waals surface area contributed by atoms with Gasteiger partial charge in [0.25, 0.3) is 0 Å². The Labute approximate surface area is 344 Å². The van der Waals surface area contributed by atoms with Gasteiger partial charge in [0.2, 0.25) is 0 Å². The molecule has 4 N–H and O–H groups in total. The van der Waals surface area contributed by atoms with Gasteiger partial charge in [0, 0.05) is 62.2 Å². The van der Waals surface area contributed by atoms with E-state index in [1.807, 2.05) is 43.3 Å². The number of pyridine rings is 1. The molecule has 0 amide bonds. The SMILES string of the molecule is CCC(O)CNCc1ccc(OCc2cccc(-c3cccc(COc4cc(OCc5cncc(C#N)c5)c(CNCC(O)CC=O)cc4Cl)c3C)c2C)c(Cl)c1. The van der Waals surface area contributed by atoms with Crippen molar-refractivity contribution in [3.63, 3.8) is 0 Å². The molecule has 1 heterocycles. The maximum absolute atomic E-state index is 10.8. The molecule has 57 heavy (non-hydrogen) atoms. The number of hydrogen-bond acceptors (Lipinski definition) is 10. The number of nitrogens with one attached hydrogen (secondary N) is 2. The van der Waals surface area contributed by atoms with E-state index in [0.717, 1.165) is 50.1 Å². The molecule has 2 unspecified atom stereocenters. The van der Waals surface area contributed by atoms with Gasteiger partial charge in [0.05, 0.1) is 27.8 Å². The van der Waals surface area contributed by atoms with Gasteiger partial charge in [-0.25, -0.2) is 0 Å². The van der Waals surface area contributed by atoms with Crippen molar-refractivity contribution in [3.8, 4) is 34.4 Å². The van der Waals surface area contributed by atoms with Crippen LogP contribution in [0.1, 0.15) is 64.3 Å². The van der Waals surface area contributed by atoms with Crippen molar-refractivity contribution in [2.45, 2.75) is 78.7 Å². The number of hydrogen-bond donors (Lipinski definition) is 4. The molecule has 0 aliphatic heterocycles. The van der Waals surface area contributed by atoms with Crippen LogP contribution in [0.5, 0.6) is 17.2 Å². The Morgan fingerprint density at radius 3 is 2.02 bits per heavy atom. The Morgan fingerprint density at radius 1 is 0.737 bits per heavy atom. The van der Waals surface area contributed by atoms with E-state index in [-0.39, 0.29) is 32.3 Å². The number of halogens is 2. The lowest BCUT2D eigenvalue weighted by Crippen LogP contribution is -2.26.